The van der Waals surface area contributed by atoms with Gasteiger partial charge in [0.1, 0.15) is 6.54 Å². The molecule has 0 N–H and O–H groups in total. The number of allylic oxidation sites excluding steroid dienone is 6. The van der Waals surface area contributed by atoms with Crippen LogP contribution in [0.4, 0.5) is 0 Å². The second-order valence-corrected chi connectivity index (χ2v) is 9.50. The standard InChI is InChI=1S/C27H47NO4/c1-5-6-7-8-9-10-11-12-13-14-15-16-17-18-19-20-21-22-27(31)32-25(23-26(29)30)24-28(2,3)4/h9-10,12-13,15-16,25H,5-8,11,14,17-24H2,1-4H3/b10-9-,13-12-,16-15-. The van der Waals surface area contributed by atoms with Crippen molar-refractivity contribution in [1.82, 2.24) is 0 Å². The first kappa shape index (κ1) is 30.1. The number of hydrogen-bond donors (Lipinski definition) is 0. The van der Waals surface area contributed by atoms with Gasteiger partial charge in [-0.3, -0.25) is 4.79 Å². The fraction of sp³-hybridized carbons (Fsp3) is 0.704. The molecule has 0 bridgehead atoms. The monoisotopic (exact) mass is 449 g/mol. The highest BCUT2D eigenvalue weighted by Crippen LogP contribution is 2.10. The van der Waals surface area contributed by atoms with E-state index in [-0.39, 0.29) is 12.4 Å². The second kappa shape index (κ2) is 19.8. The number of aliphatic carboxylic acids is 1. The Labute approximate surface area is 196 Å². The molecule has 0 amide bonds. The highest BCUT2D eigenvalue weighted by molar-refractivity contribution is 5.70. The predicted molar refractivity (Wildman–Crippen MR) is 131 cm³/mol. The fourth-order valence-electron chi connectivity index (χ4n) is 3.36. The summed E-state index contributed by atoms with van der Waals surface area (Å²) in [6.45, 7) is 2.69. The molecule has 0 rings (SSSR count). The number of quaternary nitrogens is 1. The lowest BCUT2D eigenvalue weighted by Crippen LogP contribution is -2.45. The van der Waals surface area contributed by atoms with Gasteiger partial charge in [0.15, 0.2) is 6.10 Å². The summed E-state index contributed by atoms with van der Waals surface area (Å²) in [6, 6.07) is 0. The van der Waals surface area contributed by atoms with Crippen LogP contribution >= 0.6 is 0 Å². The van der Waals surface area contributed by atoms with Gasteiger partial charge in [-0.15, -0.1) is 0 Å². The van der Waals surface area contributed by atoms with Crippen LogP contribution in [-0.2, 0) is 14.3 Å². The van der Waals surface area contributed by atoms with Crippen molar-refractivity contribution in [1.29, 1.82) is 0 Å². The summed E-state index contributed by atoms with van der Waals surface area (Å²) in [6.07, 6.45) is 25.0. The van der Waals surface area contributed by atoms with Gasteiger partial charge in [0.25, 0.3) is 0 Å². The van der Waals surface area contributed by atoms with E-state index in [1.54, 1.807) is 0 Å². The van der Waals surface area contributed by atoms with Crippen molar-refractivity contribution >= 4 is 11.9 Å². The SMILES string of the molecule is CCCCC/C=C\C/C=C\C/C=C\CCCCCCC(=O)OC(CC(=O)[O-])C[N+](C)(C)C. The van der Waals surface area contributed by atoms with Gasteiger partial charge in [0.05, 0.1) is 21.1 Å². The third kappa shape index (κ3) is 22.8. The number of unbranched alkanes of at least 4 members (excludes halogenated alkanes) is 7. The predicted octanol–water partition coefficient (Wildman–Crippen LogP) is 5.11. The second-order valence-electron chi connectivity index (χ2n) is 9.50. The molecule has 0 fully saturated rings. The zero-order valence-electron chi connectivity index (χ0n) is 21.0. The Morgan fingerprint density at radius 1 is 0.812 bits per heavy atom. The van der Waals surface area contributed by atoms with Crippen molar-refractivity contribution in [3.63, 3.8) is 0 Å². The lowest BCUT2D eigenvalue weighted by molar-refractivity contribution is -0.873. The maximum Gasteiger partial charge on any atom is 0.306 e. The Balaban J connectivity index is 3.74. The van der Waals surface area contributed by atoms with E-state index >= 15 is 0 Å². The molecular formula is C27H47NO4. The van der Waals surface area contributed by atoms with E-state index in [1.807, 2.05) is 21.1 Å². The van der Waals surface area contributed by atoms with Gasteiger partial charge >= 0.3 is 5.97 Å². The largest absolute Gasteiger partial charge is 0.550 e. The van der Waals surface area contributed by atoms with Crippen LogP contribution in [0.2, 0.25) is 0 Å². The number of esters is 1. The van der Waals surface area contributed by atoms with Crippen molar-refractivity contribution < 1.29 is 23.9 Å². The third-order valence-electron chi connectivity index (χ3n) is 4.96. The number of carbonyl (C=O) groups excluding carboxylic acids is 2. The number of likely N-dealkylation sites (N-methyl/N-ethyl adjacent to an activating group) is 1. The summed E-state index contributed by atoms with van der Waals surface area (Å²) >= 11 is 0. The van der Waals surface area contributed by atoms with Gasteiger partial charge in [-0.2, -0.15) is 0 Å². The first-order valence-electron chi connectivity index (χ1n) is 12.4. The first-order chi connectivity index (χ1) is 15.2. The zero-order valence-corrected chi connectivity index (χ0v) is 21.0. The highest BCUT2D eigenvalue weighted by Gasteiger charge is 2.22. The first-order valence-corrected chi connectivity index (χ1v) is 12.4. The van der Waals surface area contributed by atoms with E-state index in [4.69, 9.17) is 4.74 Å². The Kier molecular flexibility index (Phi) is 18.6. The van der Waals surface area contributed by atoms with Crippen LogP contribution in [0.1, 0.15) is 90.4 Å². The smallest absolute Gasteiger partial charge is 0.306 e. The minimum absolute atomic E-state index is 0.251. The van der Waals surface area contributed by atoms with Gasteiger partial charge < -0.3 is 19.1 Å². The summed E-state index contributed by atoms with van der Waals surface area (Å²) < 4.78 is 5.90. The van der Waals surface area contributed by atoms with Gasteiger partial charge in [0, 0.05) is 18.8 Å². The number of carboxylic acids is 1. The van der Waals surface area contributed by atoms with Gasteiger partial charge in [-0.25, -0.2) is 0 Å². The summed E-state index contributed by atoms with van der Waals surface area (Å²) in [4.78, 5) is 22.9. The number of hydrogen-bond acceptors (Lipinski definition) is 4. The van der Waals surface area contributed by atoms with Crippen LogP contribution in [0.3, 0.4) is 0 Å². The Hall–Kier alpha value is -1.88. The van der Waals surface area contributed by atoms with Crippen LogP contribution < -0.4 is 5.11 Å². The molecule has 0 aliphatic carbocycles. The Bertz CT molecular complexity index is 573. The fourth-order valence-corrected chi connectivity index (χ4v) is 3.36. The summed E-state index contributed by atoms with van der Waals surface area (Å²) in [7, 11) is 5.82. The maximum absolute atomic E-state index is 12.0. The van der Waals surface area contributed by atoms with Crippen molar-refractivity contribution in [2.45, 2.75) is 96.5 Å². The number of nitrogens with zero attached hydrogens (tertiary/aromatic N) is 1. The molecular weight excluding hydrogens is 402 g/mol. The average Bonchev–Trinajstić information content (AvgIpc) is 2.68. The normalized spacial score (nSPS) is 13.4. The van der Waals surface area contributed by atoms with E-state index in [0.717, 1.165) is 44.9 Å². The molecule has 0 aromatic heterocycles. The number of ether oxygens (including phenoxy) is 1. The van der Waals surface area contributed by atoms with Crippen LogP contribution in [0, 0.1) is 0 Å². The van der Waals surface area contributed by atoms with Crippen LogP contribution in [0.15, 0.2) is 36.5 Å². The quantitative estimate of drug-likeness (QED) is 0.112. The Morgan fingerprint density at radius 2 is 1.34 bits per heavy atom. The van der Waals surface area contributed by atoms with E-state index in [1.165, 1.54) is 25.7 Å². The van der Waals surface area contributed by atoms with Crippen LogP contribution in [0.5, 0.6) is 0 Å². The summed E-state index contributed by atoms with van der Waals surface area (Å²) in [5.74, 6) is -1.50. The van der Waals surface area contributed by atoms with Gasteiger partial charge in [-0.05, 0) is 44.9 Å². The zero-order chi connectivity index (χ0) is 24.1. The average molecular weight is 450 g/mol. The number of rotatable bonds is 20. The molecule has 0 aliphatic rings. The minimum Gasteiger partial charge on any atom is -0.550 e. The lowest BCUT2D eigenvalue weighted by Gasteiger charge is -2.29. The van der Waals surface area contributed by atoms with E-state index in [0.29, 0.717) is 17.4 Å². The van der Waals surface area contributed by atoms with Crippen LogP contribution in [0.25, 0.3) is 0 Å². The molecule has 1 atom stereocenters. The number of carbonyl (C=O) groups is 2. The van der Waals surface area contributed by atoms with Crippen LogP contribution in [-0.4, -0.2) is 50.2 Å². The molecule has 0 radical (unpaired) electrons. The highest BCUT2D eigenvalue weighted by atomic mass is 16.5. The van der Waals surface area contributed by atoms with Gasteiger partial charge in [0.2, 0.25) is 0 Å². The van der Waals surface area contributed by atoms with Crippen molar-refractivity contribution in [2.24, 2.45) is 0 Å². The Morgan fingerprint density at radius 3 is 1.88 bits per heavy atom. The molecule has 32 heavy (non-hydrogen) atoms. The number of carboxylic acid groups (broad SMARTS) is 1. The molecule has 0 heterocycles. The van der Waals surface area contributed by atoms with Crippen molar-refractivity contribution in [3.8, 4) is 0 Å². The van der Waals surface area contributed by atoms with E-state index in [9.17, 15) is 14.7 Å². The molecule has 0 saturated carbocycles. The molecule has 0 aliphatic heterocycles. The summed E-state index contributed by atoms with van der Waals surface area (Å²) in [5, 5.41) is 10.9. The topological polar surface area (TPSA) is 66.4 Å². The van der Waals surface area contributed by atoms with E-state index < -0.39 is 12.1 Å². The molecule has 184 valence electrons. The van der Waals surface area contributed by atoms with Gasteiger partial charge in [-0.1, -0.05) is 69.1 Å². The molecule has 1 unspecified atom stereocenters. The van der Waals surface area contributed by atoms with Crippen molar-refractivity contribution in [2.75, 3.05) is 27.7 Å². The molecule has 0 spiro atoms. The minimum atomic E-state index is -1.19. The molecule has 5 nitrogen and oxygen atoms in total. The lowest BCUT2D eigenvalue weighted by atomic mass is 10.1. The maximum atomic E-state index is 12.0. The van der Waals surface area contributed by atoms with E-state index in [2.05, 4.69) is 43.4 Å². The van der Waals surface area contributed by atoms with Crippen molar-refractivity contribution in [3.05, 3.63) is 36.5 Å². The molecule has 0 saturated heterocycles. The molecule has 0 aromatic rings. The third-order valence-corrected chi connectivity index (χ3v) is 4.96. The molecule has 0 aromatic carbocycles. The summed E-state index contributed by atoms with van der Waals surface area (Å²) in [5.41, 5.74) is 0. The molecule has 5 heteroatoms.